The minimum absolute atomic E-state index is 0. The number of hydrogen-bond donors (Lipinski definition) is 2. The van der Waals surface area contributed by atoms with Crippen LogP contribution in [-0.4, -0.2) is 41.9 Å². The highest BCUT2D eigenvalue weighted by atomic mass is 35.5. The summed E-state index contributed by atoms with van der Waals surface area (Å²) in [5.41, 5.74) is 5.61. The number of likely N-dealkylation sites (tertiary alicyclic amines) is 1. The predicted octanol–water partition coefficient (Wildman–Crippen LogP) is 0.663. The molecule has 0 radical (unpaired) electrons. The van der Waals surface area contributed by atoms with Crippen LogP contribution in [0.25, 0.3) is 0 Å². The van der Waals surface area contributed by atoms with Gasteiger partial charge in [-0.05, 0) is 32.6 Å². The first-order valence-corrected chi connectivity index (χ1v) is 6.41. The number of halogens is 1. The van der Waals surface area contributed by atoms with E-state index in [1.807, 2.05) is 11.8 Å². The summed E-state index contributed by atoms with van der Waals surface area (Å²) in [5.74, 6) is -0.244. The van der Waals surface area contributed by atoms with E-state index in [0.29, 0.717) is 6.42 Å². The highest BCUT2D eigenvalue weighted by Gasteiger charge is 2.24. The normalized spacial score (nSPS) is 18.5. The topological polar surface area (TPSA) is 75.4 Å². The predicted molar refractivity (Wildman–Crippen MR) is 73.6 cm³/mol. The summed E-state index contributed by atoms with van der Waals surface area (Å²) in [7, 11) is 0. The van der Waals surface area contributed by atoms with Gasteiger partial charge in [-0.1, -0.05) is 6.92 Å². The van der Waals surface area contributed by atoms with Crippen LogP contribution in [0.3, 0.4) is 0 Å². The van der Waals surface area contributed by atoms with E-state index in [9.17, 15) is 9.59 Å². The Morgan fingerprint density at radius 1 is 1.28 bits per heavy atom. The van der Waals surface area contributed by atoms with E-state index in [1.165, 1.54) is 6.42 Å². The van der Waals surface area contributed by atoms with Gasteiger partial charge in [0, 0.05) is 13.1 Å². The molecule has 1 rings (SSSR count). The fraction of sp³-hybridized carbons (Fsp3) is 0.833. The maximum atomic E-state index is 12.0. The average molecular weight is 278 g/mol. The third kappa shape index (κ3) is 4.82. The van der Waals surface area contributed by atoms with Crippen molar-refractivity contribution in [2.75, 3.05) is 13.1 Å². The van der Waals surface area contributed by atoms with Crippen molar-refractivity contribution in [2.24, 2.45) is 5.73 Å². The molecule has 0 aromatic heterocycles. The van der Waals surface area contributed by atoms with E-state index in [4.69, 9.17) is 5.73 Å². The molecule has 0 bridgehead atoms. The van der Waals surface area contributed by atoms with Crippen molar-refractivity contribution >= 4 is 24.2 Å². The Labute approximate surface area is 115 Å². The molecule has 1 aliphatic heterocycles. The molecule has 6 heteroatoms. The van der Waals surface area contributed by atoms with Crippen LogP contribution in [0.4, 0.5) is 0 Å². The van der Waals surface area contributed by atoms with Crippen molar-refractivity contribution in [3.8, 4) is 0 Å². The van der Waals surface area contributed by atoms with Gasteiger partial charge >= 0.3 is 0 Å². The van der Waals surface area contributed by atoms with Crippen molar-refractivity contribution in [3.63, 3.8) is 0 Å². The molecule has 0 aliphatic carbocycles. The van der Waals surface area contributed by atoms with Gasteiger partial charge in [0.25, 0.3) is 0 Å². The second-order valence-corrected chi connectivity index (χ2v) is 4.63. The van der Waals surface area contributed by atoms with E-state index in [0.717, 1.165) is 25.9 Å². The highest BCUT2D eigenvalue weighted by molar-refractivity contribution is 5.89. The van der Waals surface area contributed by atoms with E-state index >= 15 is 0 Å². The van der Waals surface area contributed by atoms with Crippen molar-refractivity contribution < 1.29 is 9.59 Å². The number of carbonyl (C=O) groups excluding carboxylic acids is 2. The van der Waals surface area contributed by atoms with Gasteiger partial charge in [0.2, 0.25) is 11.8 Å². The van der Waals surface area contributed by atoms with Crippen LogP contribution in [-0.2, 0) is 9.59 Å². The molecule has 18 heavy (non-hydrogen) atoms. The number of rotatable bonds is 4. The standard InChI is InChI=1S/C12H23N3O2.ClH/c1-3-10(13)11(16)14-9(2)12(17)15-7-5-4-6-8-15;/h9-10H,3-8,13H2,1-2H3,(H,14,16);1H/t9?,10-;/m0./s1. The zero-order valence-corrected chi connectivity index (χ0v) is 12.0. The lowest BCUT2D eigenvalue weighted by Gasteiger charge is -2.29. The van der Waals surface area contributed by atoms with Crippen LogP contribution in [0, 0.1) is 0 Å². The minimum Gasteiger partial charge on any atom is -0.343 e. The van der Waals surface area contributed by atoms with Gasteiger partial charge in [0.15, 0.2) is 0 Å². The number of piperidine rings is 1. The van der Waals surface area contributed by atoms with Crippen molar-refractivity contribution in [1.29, 1.82) is 0 Å². The average Bonchev–Trinajstić information content (AvgIpc) is 2.37. The number of amides is 2. The Morgan fingerprint density at radius 3 is 2.33 bits per heavy atom. The molecule has 1 saturated heterocycles. The summed E-state index contributed by atoms with van der Waals surface area (Å²) in [6.07, 6.45) is 3.88. The first-order chi connectivity index (χ1) is 8.06. The molecule has 2 amide bonds. The summed E-state index contributed by atoms with van der Waals surface area (Å²) in [5, 5.41) is 2.67. The second-order valence-electron chi connectivity index (χ2n) is 4.63. The van der Waals surface area contributed by atoms with Crippen molar-refractivity contribution in [1.82, 2.24) is 10.2 Å². The molecular formula is C12H24ClN3O2. The Bertz CT molecular complexity index is 280. The molecule has 106 valence electrons. The Morgan fingerprint density at radius 2 is 1.83 bits per heavy atom. The van der Waals surface area contributed by atoms with Crippen LogP contribution in [0.1, 0.15) is 39.5 Å². The van der Waals surface area contributed by atoms with Crippen molar-refractivity contribution in [2.45, 2.75) is 51.6 Å². The molecule has 5 nitrogen and oxygen atoms in total. The largest absolute Gasteiger partial charge is 0.343 e. The summed E-state index contributed by atoms with van der Waals surface area (Å²) in [6, 6.07) is -0.996. The molecular weight excluding hydrogens is 254 g/mol. The number of carbonyl (C=O) groups is 2. The monoisotopic (exact) mass is 277 g/mol. The number of nitrogens with zero attached hydrogens (tertiary/aromatic N) is 1. The fourth-order valence-corrected chi connectivity index (χ4v) is 1.96. The van der Waals surface area contributed by atoms with E-state index in [2.05, 4.69) is 5.32 Å². The molecule has 1 aliphatic rings. The van der Waals surface area contributed by atoms with E-state index in [-0.39, 0.29) is 24.2 Å². The molecule has 0 saturated carbocycles. The van der Waals surface area contributed by atoms with Gasteiger partial charge in [-0.3, -0.25) is 9.59 Å². The van der Waals surface area contributed by atoms with Crippen LogP contribution in [0.5, 0.6) is 0 Å². The first-order valence-electron chi connectivity index (χ1n) is 6.41. The second kappa shape index (κ2) is 8.32. The van der Waals surface area contributed by atoms with Gasteiger partial charge in [-0.2, -0.15) is 0 Å². The molecule has 0 aromatic carbocycles. The summed E-state index contributed by atoms with van der Waals surface area (Å²) in [6.45, 7) is 5.18. The highest BCUT2D eigenvalue weighted by Crippen LogP contribution is 2.09. The summed E-state index contributed by atoms with van der Waals surface area (Å²) in [4.78, 5) is 25.4. The fourth-order valence-electron chi connectivity index (χ4n) is 1.96. The van der Waals surface area contributed by atoms with E-state index in [1.54, 1.807) is 6.92 Å². The van der Waals surface area contributed by atoms with Crippen LogP contribution < -0.4 is 11.1 Å². The maximum Gasteiger partial charge on any atom is 0.244 e. The lowest BCUT2D eigenvalue weighted by molar-refractivity contribution is -0.137. The van der Waals surface area contributed by atoms with Crippen LogP contribution >= 0.6 is 12.4 Å². The van der Waals surface area contributed by atoms with E-state index < -0.39 is 12.1 Å². The summed E-state index contributed by atoms with van der Waals surface area (Å²) < 4.78 is 0. The molecule has 3 N–H and O–H groups in total. The quantitative estimate of drug-likeness (QED) is 0.793. The lowest BCUT2D eigenvalue weighted by Crippen LogP contribution is -2.52. The molecule has 2 atom stereocenters. The molecule has 1 unspecified atom stereocenters. The Balaban J connectivity index is 0.00000289. The van der Waals surface area contributed by atoms with Crippen molar-refractivity contribution in [3.05, 3.63) is 0 Å². The summed E-state index contributed by atoms with van der Waals surface area (Å²) >= 11 is 0. The zero-order chi connectivity index (χ0) is 12.8. The lowest BCUT2D eigenvalue weighted by atomic mass is 10.1. The molecule has 1 fully saturated rings. The number of hydrogen-bond acceptors (Lipinski definition) is 3. The van der Waals surface area contributed by atoms with Gasteiger partial charge in [0.1, 0.15) is 6.04 Å². The van der Waals surface area contributed by atoms with Crippen LogP contribution in [0.15, 0.2) is 0 Å². The third-order valence-corrected chi connectivity index (χ3v) is 3.17. The van der Waals surface area contributed by atoms with Gasteiger partial charge in [-0.25, -0.2) is 0 Å². The Kier molecular flexibility index (Phi) is 7.95. The number of nitrogens with one attached hydrogen (secondary N) is 1. The smallest absolute Gasteiger partial charge is 0.244 e. The van der Waals surface area contributed by atoms with Crippen LogP contribution in [0.2, 0.25) is 0 Å². The molecule has 1 heterocycles. The van der Waals surface area contributed by atoms with Gasteiger partial charge in [0.05, 0.1) is 6.04 Å². The zero-order valence-electron chi connectivity index (χ0n) is 11.1. The maximum absolute atomic E-state index is 12.0. The number of nitrogens with two attached hydrogens (primary N) is 1. The molecule has 0 aromatic rings. The van der Waals surface area contributed by atoms with Gasteiger partial charge < -0.3 is 16.0 Å². The molecule has 0 spiro atoms. The Hall–Kier alpha value is -0.810. The van der Waals surface area contributed by atoms with Gasteiger partial charge in [-0.15, -0.1) is 12.4 Å². The minimum atomic E-state index is -0.522. The third-order valence-electron chi connectivity index (χ3n) is 3.17. The SMILES string of the molecule is CC[C@H](N)C(=O)NC(C)C(=O)N1CCCCC1.Cl. The first kappa shape index (κ1) is 17.2.